The second-order valence-corrected chi connectivity index (χ2v) is 6.01. The average Bonchev–Trinajstić information content (AvgIpc) is 2.99. The number of amides is 2. The second kappa shape index (κ2) is 7.09. The van der Waals surface area contributed by atoms with Gasteiger partial charge in [-0.15, -0.1) is 10.2 Å². The maximum absolute atomic E-state index is 12.4. The number of hydrogen-bond acceptors (Lipinski definition) is 4. The van der Waals surface area contributed by atoms with E-state index < -0.39 is 0 Å². The lowest BCUT2D eigenvalue weighted by Gasteiger charge is -2.35. The van der Waals surface area contributed by atoms with Gasteiger partial charge in [0.1, 0.15) is 5.82 Å². The Bertz CT molecular complexity index is 516. The van der Waals surface area contributed by atoms with E-state index in [4.69, 9.17) is 4.74 Å². The number of hydrogen-bond donors (Lipinski definition) is 1. The van der Waals surface area contributed by atoms with E-state index in [1.54, 1.807) is 7.11 Å². The predicted molar refractivity (Wildman–Crippen MR) is 81.5 cm³/mol. The number of nitrogens with one attached hydrogen (secondary N) is 1. The predicted octanol–water partition coefficient (Wildman–Crippen LogP) is 1.50. The molecule has 0 unspecified atom stereocenters. The molecule has 1 fully saturated rings. The number of carbonyl (C=O) groups is 1. The molecule has 0 aliphatic carbocycles. The van der Waals surface area contributed by atoms with Gasteiger partial charge in [0, 0.05) is 33.2 Å². The smallest absolute Gasteiger partial charge is 0.318 e. The number of aryl methyl sites for hydroxylation is 1. The van der Waals surface area contributed by atoms with Crippen LogP contribution in [-0.4, -0.2) is 52.5 Å². The first-order chi connectivity index (χ1) is 10.8. The summed E-state index contributed by atoms with van der Waals surface area (Å²) in [4.78, 5) is 14.4. The molecule has 0 bridgehead atoms. The monoisotopic (exact) mass is 307 g/mol. The number of ether oxygens (including phenoxy) is 1. The van der Waals surface area contributed by atoms with Crippen molar-refractivity contribution in [2.45, 2.75) is 51.1 Å². The van der Waals surface area contributed by atoms with E-state index >= 15 is 0 Å². The van der Waals surface area contributed by atoms with Gasteiger partial charge in [0.05, 0.1) is 12.6 Å². The van der Waals surface area contributed by atoms with Crippen LogP contribution in [0.4, 0.5) is 4.79 Å². The van der Waals surface area contributed by atoms with Crippen molar-refractivity contribution in [3.63, 3.8) is 0 Å². The molecule has 7 nitrogen and oxygen atoms in total. The van der Waals surface area contributed by atoms with E-state index in [1.807, 2.05) is 4.90 Å². The lowest BCUT2D eigenvalue weighted by atomic mass is 10.0. The first kappa shape index (κ1) is 15.3. The number of aromatic nitrogens is 3. The molecule has 1 N–H and O–H groups in total. The molecule has 3 heterocycles. The third kappa shape index (κ3) is 3.09. The highest BCUT2D eigenvalue weighted by molar-refractivity contribution is 5.74. The maximum atomic E-state index is 12.4. The van der Waals surface area contributed by atoms with Crippen LogP contribution in [0.3, 0.4) is 0 Å². The Morgan fingerprint density at radius 2 is 2.14 bits per heavy atom. The minimum Gasteiger partial charge on any atom is -0.383 e. The minimum absolute atomic E-state index is 0.0186. The first-order valence-electron chi connectivity index (χ1n) is 8.26. The number of likely N-dealkylation sites (tertiary alicyclic amines) is 1. The molecule has 2 amide bonds. The first-order valence-corrected chi connectivity index (χ1v) is 8.26. The maximum Gasteiger partial charge on any atom is 0.318 e. The average molecular weight is 307 g/mol. The summed E-state index contributed by atoms with van der Waals surface area (Å²) < 4.78 is 7.22. The van der Waals surface area contributed by atoms with Crippen LogP contribution in [0.5, 0.6) is 0 Å². The Labute approximate surface area is 131 Å². The van der Waals surface area contributed by atoms with Crippen molar-refractivity contribution in [2.24, 2.45) is 0 Å². The number of piperidine rings is 1. The van der Waals surface area contributed by atoms with Gasteiger partial charge >= 0.3 is 6.03 Å². The van der Waals surface area contributed by atoms with E-state index in [9.17, 15) is 4.79 Å². The molecule has 1 saturated heterocycles. The summed E-state index contributed by atoms with van der Waals surface area (Å²) in [5, 5.41) is 11.7. The van der Waals surface area contributed by atoms with Crippen LogP contribution in [0.25, 0.3) is 0 Å². The zero-order chi connectivity index (χ0) is 15.4. The molecule has 0 aromatic carbocycles. The summed E-state index contributed by atoms with van der Waals surface area (Å²) in [7, 11) is 1.64. The summed E-state index contributed by atoms with van der Waals surface area (Å²) in [6.07, 6.45) is 6.51. The van der Waals surface area contributed by atoms with Crippen molar-refractivity contribution in [3.05, 3.63) is 11.6 Å². The Balaban J connectivity index is 1.75. The van der Waals surface area contributed by atoms with Crippen molar-refractivity contribution >= 4 is 6.03 Å². The van der Waals surface area contributed by atoms with Gasteiger partial charge in [-0.05, 0) is 32.1 Å². The molecule has 0 radical (unpaired) electrons. The van der Waals surface area contributed by atoms with E-state index in [0.717, 1.165) is 50.4 Å². The van der Waals surface area contributed by atoms with Gasteiger partial charge in [0.15, 0.2) is 5.82 Å². The van der Waals surface area contributed by atoms with Crippen LogP contribution < -0.4 is 5.32 Å². The molecule has 122 valence electrons. The summed E-state index contributed by atoms with van der Waals surface area (Å²) >= 11 is 0. The van der Waals surface area contributed by atoms with Gasteiger partial charge in [-0.3, -0.25) is 0 Å². The van der Waals surface area contributed by atoms with E-state index in [0.29, 0.717) is 13.2 Å². The second-order valence-electron chi connectivity index (χ2n) is 6.01. The fraction of sp³-hybridized carbons (Fsp3) is 0.800. The summed E-state index contributed by atoms with van der Waals surface area (Å²) in [6.45, 7) is 2.83. The zero-order valence-electron chi connectivity index (χ0n) is 13.3. The Hall–Kier alpha value is -1.63. The van der Waals surface area contributed by atoms with Crippen molar-refractivity contribution in [1.29, 1.82) is 0 Å². The lowest BCUT2D eigenvalue weighted by Crippen LogP contribution is -2.46. The molecule has 3 rings (SSSR count). The number of carbonyl (C=O) groups excluding carboxylic acids is 1. The fourth-order valence-corrected chi connectivity index (χ4v) is 3.38. The highest BCUT2D eigenvalue weighted by Gasteiger charge is 2.32. The quantitative estimate of drug-likeness (QED) is 0.856. The lowest BCUT2D eigenvalue weighted by molar-refractivity contribution is 0.139. The number of fused-ring (bicyclic) bond motifs is 1. The molecule has 22 heavy (non-hydrogen) atoms. The molecule has 0 saturated carbocycles. The van der Waals surface area contributed by atoms with Crippen LogP contribution in [0.2, 0.25) is 0 Å². The van der Waals surface area contributed by atoms with Crippen molar-refractivity contribution in [3.8, 4) is 0 Å². The van der Waals surface area contributed by atoms with Gasteiger partial charge in [-0.25, -0.2) is 4.79 Å². The SMILES string of the molecule is COCCNC(=O)N1CCCC[C@H]1c1nnc2n1CCCC2. The van der Waals surface area contributed by atoms with Crippen molar-refractivity contribution < 1.29 is 9.53 Å². The van der Waals surface area contributed by atoms with Gasteiger partial charge in [-0.1, -0.05) is 0 Å². The van der Waals surface area contributed by atoms with Gasteiger partial charge in [0.25, 0.3) is 0 Å². The molecule has 7 heteroatoms. The van der Waals surface area contributed by atoms with E-state index in [2.05, 4.69) is 20.1 Å². The highest BCUT2D eigenvalue weighted by atomic mass is 16.5. The number of nitrogens with zero attached hydrogens (tertiary/aromatic N) is 4. The summed E-state index contributed by atoms with van der Waals surface area (Å²) in [6, 6.07) is 0.0329. The van der Waals surface area contributed by atoms with Gasteiger partial charge in [-0.2, -0.15) is 0 Å². The number of urea groups is 1. The normalized spacial score (nSPS) is 21.5. The zero-order valence-corrected chi connectivity index (χ0v) is 13.3. The molecule has 1 aromatic rings. The molecule has 1 atom stereocenters. The third-order valence-electron chi connectivity index (χ3n) is 4.53. The Morgan fingerprint density at radius 3 is 3.00 bits per heavy atom. The Kier molecular flexibility index (Phi) is 4.92. The molecule has 2 aliphatic heterocycles. The highest BCUT2D eigenvalue weighted by Crippen LogP contribution is 2.31. The van der Waals surface area contributed by atoms with Crippen LogP contribution in [0, 0.1) is 0 Å². The number of methoxy groups -OCH3 is 1. The molecular formula is C15H25N5O2. The van der Waals surface area contributed by atoms with Crippen molar-refractivity contribution in [1.82, 2.24) is 25.0 Å². The fourth-order valence-electron chi connectivity index (χ4n) is 3.38. The number of rotatable bonds is 4. The topological polar surface area (TPSA) is 72.3 Å². The van der Waals surface area contributed by atoms with Crippen LogP contribution in [0.1, 0.15) is 49.8 Å². The minimum atomic E-state index is -0.0186. The van der Waals surface area contributed by atoms with Gasteiger partial charge < -0.3 is 19.5 Å². The molecule has 0 spiro atoms. The third-order valence-corrected chi connectivity index (χ3v) is 4.53. The standard InChI is InChI=1S/C15H25N5O2/c1-22-11-8-16-15(21)19-9-4-2-6-12(19)14-18-17-13-7-3-5-10-20(13)14/h12H,2-11H2,1H3,(H,16,21)/t12-/m0/s1. The summed E-state index contributed by atoms with van der Waals surface area (Å²) in [5.41, 5.74) is 0. The molecule has 2 aliphatic rings. The van der Waals surface area contributed by atoms with Crippen LogP contribution in [-0.2, 0) is 17.7 Å². The van der Waals surface area contributed by atoms with Crippen LogP contribution >= 0.6 is 0 Å². The van der Waals surface area contributed by atoms with E-state index in [1.165, 1.54) is 12.8 Å². The largest absolute Gasteiger partial charge is 0.383 e. The molecule has 1 aromatic heterocycles. The summed E-state index contributed by atoms with van der Waals surface area (Å²) in [5.74, 6) is 2.04. The van der Waals surface area contributed by atoms with E-state index in [-0.39, 0.29) is 12.1 Å². The van der Waals surface area contributed by atoms with Crippen LogP contribution in [0.15, 0.2) is 0 Å². The van der Waals surface area contributed by atoms with Crippen molar-refractivity contribution in [2.75, 3.05) is 26.8 Å². The molecular weight excluding hydrogens is 282 g/mol. The van der Waals surface area contributed by atoms with Gasteiger partial charge in [0.2, 0.25) is 0 Å². The Morgan fingerprint density at radius 1 is 1.27 bits per heavy atom.